The Morgan fingerprint density at radius 3 is 2.21 bits per heavy atom. The maximum Gasteiger partial charge on any atom is 0.160 e. The van der Waals surface area contributed by atoms with Gasteiger partial charge in [0.2, 0.25) is 0 Å². The van der Waals surface area contributed by atoms with Crippen molar-refractivity contribution in [1.82, 2.24) is 14.1 Å². The van der Waals surface area contributed by atoms with Gasteiger partial charge < -0.3 is 13.6 Å². The summed E-state index contributed by atoms with van der Waals surface area (Å²) < 4.78 is 11.3. The predicted octanol–water partition coefficient (Wildman–Crippen LogP) is 9.18. The van der Waals surface area contributed by atoms with Crippen molar-refractivity contribution in [3.8, 4) is 11.4 Å². The minimum absolute atomic E-state index is 0.904. The van der Waals surface area contributed by atoms with Crippen LogP contribution in [-0.4, -0.2) is 14.1 Å². The molecule has 4 heterocycles. The van der Waals surface area contributed by atoms with E-state index in [1.54, 1.807) is 0 Å². The highest BCUT2D eigenvalue weighted by atomic mass is 16.3. The lowest BCUT2D eigenvalue weighted by molar-refractivity contribution is 0.671. The minimum Gasteiger partial charge on any atom is -0.454 e. The van der Waals surface area contributed by atoms with Gasteiger partial charge in [0.1, 0.15) is 5.58 Å². The van der Waals surface area contributed by atoms with E-state index in [0.29, 0.717) is 0 Å². The maximum absolute atomic E-state index is 6.60. The van der Waals surface area contributed by atoms with Gasteiger partial charge in [-0.15, -0.1) is 0 Å². The van der Waals surface area contributed by atoms with Crippen LogP contribution in [0.1, 0.15) is 0 Å². The summed E-state index contributed by atoms with van der Waals surface area (Å²) in [5.41, 5.74) is 8.53. The zero-order valence-corrected chi connectivity index (χ0v) is 20.9. The van der Waals surface area contributed by atoms with Crippen LogP contribution in [0.4, 0.5) is 0 Å². The Bertz CT molecular complexity index is 2390. The monoisotopic (exact) mass is 499 g/mol. The summed E-state index contributed by atoms with van der Waals surface area (Å²) in [6, 6.07) is 40.6. The number of benzene rings is 5. The summed E-state index contributed by atoms with van der Waals surface area (Å²) >= 11 is 0. The zero-order valence-electron chi connectivity index (χ0n) is 20.9. The Hall–Kier alpha value is -5.35. The van der Waals surface area contributed by atoms with Gasteiger partial charge in [-0.1, -0.05) is 66.7 Å². The molecule has 0 fully saturated rings. The van der Waals surface area contributed by atoms with Gasteiger partial charge in [0.05, 0.1) is 34.0 Å². The highest BCUT2D eigenvalue weighted by Crippen LogP contribution is 2.43. The number of hydrogen-bond donors (Lipinski definition) is 0. The van der Waals surface area contributed by atoms with E-state index >= 15 is 0 Å². The number of hydrogen-bond acceptors (Lipinski definition) is 2. The molecule has 9 rings (SSSR count). The fraction of sp³-hybridized carbons (Fsp3) is 0. The quantitative estimate of drug-likeness (QED) is 0.238. The normalized spacial score (nSPS) is 12.1. The molecule has 0 spiro atoms. The van der Waals surface area contributed by atoms with Crippen molar-refractivity contribution in [2.24, 2.45) is 0 Å². The van der Waals surface area contributed by atoms with E-state index in [1.807, 2.05) is 18.5 Å². The molecule has 0 aliphatic rings. The van der Waals surface area contributed by atoms with Crippen LogP contribution < -0.4 is 0 Å². The standard InChI is InChI=1S/C35H21N3O/c1-2-9-22(10-3-1)37-29-14-8-15-30(33(29)27-19-20-36-21-31(27)37)38-28-13-6-4-11-23(28)25-17-18-26-24-12-5-7-16-32(24)39-35(26)34(25)38/h1-21H. The first kappa shape index (κ1) is 20.7. The Labute approximate surface area is 222 Å². The van der Waals surface area contributed by atoms with Crippen LogP contribution in [0.25, 0.3) is 76.9 Å². The Morgan fingerprint density at radius 2 is 1.28 bits per heavy atom. The van der Waals surface area contributed by atoms with E-state index in [2.05, 4.69) is 123 Å². The van der Waals surface area contributed by atoms with Crippen LogP contribution in [0.15, 0.2) is 132 Å². The maximum atomic E-state index is 6.60. The average Bonchev–Trinajstić information content (AvgIpc) is 3.65. The molecule has 0 radical (unpaired) electrons. The molecule has 182 valence electrons. The number of rotatable bonds is 2. The summed E-state index contributed by atoms with van der Waals surface area (Å²) in [7, 11) is 0. The van der Waals surface area contributed by atoms with Crippen molar-refractivity contribution in [2.75, 3.05) is 0 Å². The molecule has 39 heavy (non-hydrogen) atoms. The van der Waals surface area contributed by atoms with E-state index in [4.69, 9.17) is 4.42 Å². The molecule has 0 N–H and O–H groups in total. The molecule has 4 aromatic heterocycles. The molecule has 0 saturated heterocycles. The first-order valence-corrected chi connectivity index (χ1v) is 13.1. The van der Waals surface area contributed by atoms with Gasteiger partial charge in [0.25, 0.3) is 0 Å². The number of para-hydroxylation sites is 3. The molecular weight excluding hydrogens is 478 g/mol. The lowest BCUT2D eigenvalue weighted by Gasteiger charge is -2.11. The van der Waals surface area contributed by atoms with E-state index in [0.717, 1.165) is 55.4 Å². The molecular formula is C35H21N3O. The molecule has 0 atom stereocenters. The van der Waals surface area contributed by atoms with E-state index in [1.165, 1.54) is 21.5 Å². The van der Waals surface area contributed by atoms with Crippen molar-refractivity contribution in [3.05, 3.63) is 128 Å². The van der Waals surface area contributed by atoms with Crippen molar-refractivity contribution >= 4 is 65.6 Å². The number of fused-ring (bicyclic) bond motifs is 10. The Morgan fingerprint density at radius 1 is 0.513 bits per heavy atom. The van der Waals surface area contributed by atoms with Gasteiger partial charge >= 0.3 is 0 Å². The smallest absolute Gasteiger partial charge is 0.160 e. The second-order valence-electron chi connectivity index (χ2n) is 10.0. The fourth-order valence-corrected chi connectivity index (χ4v) is 6.42. The molecule has 0 unspecified atom stereocenters. The summed E-state index contributed by atoms with van der Waals surface area (Å²) in [6.07, 6.45) is 3.85. The first-order chi connectivity index (χ1) is 19.4. The second kappa shape index (κ2) is 7.59. The zero-order chi connectivity index (χ0) is 25.5. The molecule has 4 heteroatoms. The Kier molecular flexibility index (Phi) is 4.02. The van der Waals surface area contributed by atoms with Crippen molar-refractivity contribution < 1.29 is 4.42 Å². The molecule has 0 aliphatic carbocycles. The fourth-order valence-electron chi connectivity index (χ4n) is 6.42. The molecule has 4 nitrogen and oxygen atoms in total. The number of aromatic nitrogens is 3. The van der Waals surface area contributed by atoms with E-state index in [9.17, 15) is 0 Å². The van der Waals surface area contributed by atoms with E-state index < -0.39 is 0 Å². The molecule has 5 aromatic carbocycles. The first-order valence-electron chi connectivity index (χ1n) is 13.1. The third-order valence-electron chi connectivity index (χ3n) is 8.01. The van der Waals surface area contributed by atoms with Gasteiger partial charge in [-0.25, -0.2) is 0 Å². The Balaban J connectivity index is 1.52. The lowest BCUT2D eigenvalue weighted by atomic mass is 10.1. The highest BCUT2D eigenvalue weighted by Gasteiger charge is 2.22. The summed E-state index contributed by atoms with van der Waals surface area (Å²) in [4.78, 5) is 4.51. The highest BCUT2D eigenvalue weighted by molar-refractivity contribution is 6.23. The summed E-state index contributed by atoms with van der Waals surface area (Å²) in [5.74, 6) is 0. The number of furan rings is 1. The average molecular weight is 500 g/mol. The van der Waals surface area contributed by atoms with Crippen LogP contribution >= 0.6 is 0 Å². The largest absolute Gasteiger partial charge is 0.454 e. The van der Waals surface area contributed by atoms with Crippen molar-refractivity contribution in [1.29, 1.82) is 0 Å². The lowest BCUT2D eigenvalue weighted by Crippen LogP contribution is -1.96. The predicted molar refractivity (Wildman–Crippen MR) is 160 cm³/mol. The molecule has 0 aliphatic heterocycles. The molecule has 0 amide bonds. The van der Waals surface area contributed by atoms with Crippen LogP contribution in [0, 0.1) is 0 Å². The van der Waals surface area contributed by atoms with Gasteiger partial charge in [-0.3, -0.25) is 4.98 Å². The van der Waals surface area contributed by atoms with Crippen LogP contribution in [0.5, 0.6) is 0 Å². The number of pyridine rings is 1. The minimum atomic E-state index is 0.904. The number of nitrogens with zero attached hydrogens (tertiary/aromatic N) is 3. The van der Waals surface area contributed by atoms with E-state index in [-0.39, 0.29) is 0 Å². The van der Waals surface area contributed by atoms with Crippen LogP contribution in [0.2, 0.25) is 0 Å². The van der Waals surface area contributed by atoms with Crippen molar-refractivity contribution in [2.45, 2.75) is 0 Å². The SMILES string of the molecule is c1ccc(-n2c3cnccc3c3c(-n4c5ccccc5c5ccc6c7ccccc7oc6c54)cccc32)cc1. The molecule has 9 aromatic rings. The molecule has 0 saturated carbocycles. The van der Waals surface area contributed by atoms with Gasteiger partial charge in [-0.2, -0.15) is 0 Å². The van der Waals surface area contributed by atoms with Gasteiger partial charge in [-0.05, 0) is 48.5 Å². The topological polar surface area (TPSA) is 35.9 Å². The molecule has 0 bridgehead atoms. The summed E-state index contributed by atoms with van der Waals surface area (Å²) in [5, 5.41) is 7.01. The second-order valence-corrected chi connectivity index (χ2v) is 10.0. The van der Waals surface area contributed by atoms with Crippen LogP contribution in [-0.2, 0) is 0 Å². The van der Waals surface area contributed by atoms with Crippen LogP contribution in [0.3, 0.4) is 0 Å². The van der Waals surface area contributed by atoms with Crippen molar-refractivity contribution in [3.63, 3.8) is 0 Å². The van der Waals surface area contributed by atoms with Gasteiger partial charge in [0, 0.05) is 44.2 Å². The van der Waals surface area contributed by atoms with Gasteiger partial charge in [0.15, 0.2) is 5.58 Å². The third kappa shape index (κ3) is 2.70. The third-order valence-corrected chi connectivity index (χ3v) is 8.01. The summed E-state index contributed by atoms with van der Waals surface area (Å²) in [6.45, 7) is 0.